The van der Waals surface area contributed by atoms with Crippen molar-refractivity contribution in [3.05, 3.63) is 60.2 Å². The number of aliphatic hydroxyl groups is 2. The Bertz CT molecular complexity index is 1220. The van der Waals surface area contributed by atoms with Crippen molar-refractivity contribution in [1.82, 2.24) is 19.5 Å². The maximum Gasteiger partial charge on any atom is 0.143 e. The van der Waals surface area contributed by atoms with Gasteiger partial charge in [0.05, 0.1) is 23.4 Å². The van der Waals surface area contributed by atoms with E-state index in [0.717, 1.165) is 46.0 Å². The van der Waals surface area contributed by atoms with Crippen LogP contribution in [0.4, 0.5) is 5.82 Å². The number of anilines is 1. The quantitative estimate of drug-likeness (QED) is 0.483. The van der Waals surface area contributed by atoms with Gasteiger partial charge in [0.1, 0.15) is 23.9 Å². The zero-order valence-electron chi connectivity index (χ0n) is 16.8. The molecule has 0 amide bonds. The molecular formula is C23H25N5O2. The Labute approximate surface area is 174 Å². The minimum atomic E-state index is -0.820. The number of fused-ring (bicyclic) bond motifs is 2. The molecule has 7 heteroatoms. The highest BCUT2D eigenvalue weighted by Crippen LogP contribution is 2.39. The van der Waals surface area contributed by atoms with Crippen LogP contribution in [-0.2, 0) is 6.42 Å². The molecule has 0 saturated heterocycles. The number of benzene rings is 1. The summed E-state index contributed by atoms with van der Waals surface area (Å²) in [7, 11) is 0. The molecule has 154 valence electrons. The topological polar surface area (TPSA) is 110 Å². The third-order valence-electron chi connectivity index (χ3n) is 6.42. The summed E-state index contributed by atoms with van der Waals surface area (Å²) in [6, 6.07) is 11.7. The van der Waals surface area contributed by atoms with Crippen LogP contribution in [-0.4, -0.2) is 41.9 Å². The largest absolute Gasteiger partial charge is 0.390 e. The van der Waals surface area contributed by atoms with E-state index in [2.05, 4.69) is 27.1 Å². The Kier molecular flexibility index (Phi) is 4.64. The SMILES string of the molecule is Cc1ncnc2c1ccn2[C@@H]1C[C@H](CCc2ccc3ccc(N)nc3c2)[C@@H](O)[C@H]1O. The highest BCUT2D eigenvalue weighted by molar-refractivity contribution is 5.80. The minimum Gasteiger partial charge on any atom is -0.390 e. The van der Waals surface area contributed by atoms with Gasteiger partial charge in [-0.1, -0.05) is 12.1 Å². The first-order chi connectivity index (χ1) is 14.5. The molecule has 1 aliphatic rings. The number of hydrogen-bond acceptors (Lipinski definition) is 6. The highest BCUT2D eigenvalue weighted by atomic mass is 16.3. The first-order valence-corrected chi connectivity index (χ1v) is 10.3. The van der Waals surface area contributed by atoms with Gasteiger partial charge in [-0.15, -0.1) is 0 Å². The Morgan fingerprint density at radius 3 is 2.80 bits per heavy atom. The fourth-order valence-electron chi connectivity index (χ4n) is 4.71. The van der Waals surface area contributed by atoms with Crippen LogP contribution in [0.1, 0.15) is 30.1 Å². The van der Waals surface area contributed by atoms with Gasteiger partial charge in [-0.2, -0.15) is 0 Å². The van der Waals surface area contributed by atoms with Gasteiger partial charge in [0.25, 0.3) is 0 Å². The fourth-order valence-corrected chi connectivity index (χ4v) is 4.71. The van der Waals surface area contributed by atoms with Gasteiger partial charge < -0.3 is 20.5 Å². The predicted molar refractivity (Wildman–Crippen MR) is 116 cm³/mol. The summed E-state index contributed by atoms with van der Waals surface area (Å²) in [5, 5.41) is 23.5. The number of aromatic nitrogens is 4. The maximum absolute atomic E-state index is 10.8. The first-order valence-electron chi connectivity index (χ1n) is 10.3. The van der Waals surface area contributed by atoms with Crippen molar-refractivity contribution >= 4 is 27.8 Å². The lowest BCUT2D eigenvalue weighted by Gasteiger charge is -2.19. The van der Waals surface area contributed by atoms with E-state index < -0.39 is 12.2 Å². The third kappa shape index (κ3) is 3.20. The molecule has 1 aliphatic carbocycles. The zero-order chi connectivity index (χ0) is 20.8. The van der Waals surface area contributed by atoms with E-state index in [9.17, 15) is 10.2 Å². The molecule has 30 heavy (non-hydrogen) atoms. The molecule has 4 aromatic rings. The van der Waals surface area contributed by atoms with Crippen molar-refractivity contribution in [3.63, 3.8) is 0 Å². The van der Waals surface area contributed by atoms with Crippen molar-refractivity contribution < 1.29 is 10.2 Å². The van der Waals surface area contributed by atoms with Crippen molar-refractivity contribution in [2.45, 2.75) is 44.4 Å². The van der Waals surface area contributed by atoms with Crippen molar-refractivity contribution in [2.75, 3.05) is 5.73 Å². The molecule has 0 bridgehead atoms. The molecule has 0 spiro atoms. The Balaban J connectivity index is 1.34. The molecule has 0 radical (unpaired) electrons. The fraction of sp³-hybridized carbons (Fsp3) is 0.348. The van der Waals surface area contributed by atoms with Gasteiger partial charge in [0.15, 0.2) is 0 Å². The molecule has 3 aromatic heterocycles. The second kappa shape index (κ2) is 7.34. The maximum atomic E-state index is 10.8. The van der Waals surface area contributed by atoms with Crippen LogP contribution in [0, 0.1) is 12.8 Å². The number of hydrogen-bond donors (Lipinski definition) is 3. The Morgan fingerprint density at radius 1 is 1.10 bits per heavy atom. The van der Waals surface area contributed by atoms with Gasteiger partial charge in [0, 0.05) is 17.0 Å². The molecule has 1 fully saturated rings. The van der Waals surface area contributed by atoms with Crippen LogP contribution in [0.2, 0.25) is 0 Å². The van der Waals surface area contributed by atoms with Gasteiger partial charge in [-0.25, -0.2) is 15.0 Å². The Morgan fingerprint density at radius 2 is 1.93 bits per heavy atom. The molecule has 5 rings (SSSR count). The second-order valence-electron chi connectivity index (χ2n) is 8.27. The molecule has 7 nitrogen and oxygen atoms in total. The van der Waals surface area contributed by atoms with E-state index in [1.54, 1.807) is 12.4 Å². The highest BCUT2D eigenvalue weighted by Gasteiger charge is 2.42. The van der Waals surface area contributed by atoms with Crippen LogP contribution in [0.15, 0.2) is 48.9 Å². The van der Waals surface area contributed by atoms with Crippen molar-refractivity contribution in [3.8, 4) is 0 Å². The Hall–Kier alpha value is -3.03. The summed E-state index contributed by atoms with van der Waals surface area (Å²) < 4.78 is 1.99. The molecule has 0 unspecified atom stereocenters. The number of nitrogen functional groups attached to an aromatic ring is 1. The lowest BCUT2D eigenvalue weighted by Crippen LogP contribution is -2.29. The summed E-state index contributed by atoms with van der Waals surface area (Å²) >= 11 is 0. The molecular weight excluding hydrogens is 378 g/mol. The number of rotatable bonds is 4. The lowest BCUT2D eigenvalue weighted by molar-refractivity contribution is 0.00545. The summed E-state index contributed by atoms with van der Waals surface area (Å²) in [5.74, 6) is 0.518. The first kappa shape index (κ1) is 19.0. The predicted octanol–water partition coefficient (Wildman–Crippen LogP) is 2.79. The van der Waals surface area contributed by atoms with E-state index in [-0.39, 0.29) is 12.0 Å². The van der Waals surface area contributed by atoms with Crippen LogP contribution < -0.4 is 5.73 Å². The van der Waals surface area contributed by atoms with Crippen molar-refractivity contribution in [1.29, 1.82) is 0 Å². The summed E-state index contributed by atoms with van der Waals surface area (Å²) in [6.07, 6.45) is 4.20. The molecule has 4 N–H and O–H groups in total. The van der Waals surface area contributed by atoms with Gasteiger partial charge >= 0.3 is 0 Å². The number of aliphatic hydroxyl groups excluding tert-OH is 2. The zero-order valence-corrected chi connectivity index (χ0v) is 16.8. The van der Waals surface area contributed by atoms with Crippen LogP contribution in [0.5, 0.6) is 0 Å². The van der Waals surface area contributed by atoms with Gasteiger partial charge in [-0.3, -0.25) is 0 Å². The van der Waals surface area contributed by atoms with E-state index in [0.29, 0.717) is 12.2 Å². The number of nitrogens with zero attached hydrogens (tertiary/aromatic N) is 4. The molecule has 3 heterocycles. The van der Waals surface area contributed by atoms with Crippen molar-refractivity contribution in [2.24, 2.45) is 5.92 Å². The normalized spacial score (nSPS) is 24.1. The second-order valence-corrected chi connectivity index (χ2v) is 8.27. The average Bonchev–Trinajstić information content (AvgIpc) is 3.29. The monoisotopic (exact) mass is 403 g/mol. The summed E-state index contributed by atoms with van der Waals surface area (Å²) in [4.78, 5) is 13.0. The summed E-state index contributed by atoms with van der Waals surface area (Å²) in [6.45, 7) is 1.95. The number of aryl methyl sites for hydroxylation is 2. The molecule has 1 saturated carbocycles. The minimum absolute atomic E-state index is 0.00915. The summed E-state index contributed by atoms with van der Waals surface area (Å²) in [5.41, 5.74) is 9.56. The lowest BCUT2D eigenvalue weighted by atomic mass is 9.95. The molecule has 1 aromatic carbocycles. The number of nitrogens with two attached hydrogens (primary N) is 1. The number of pyridine rings is 1. The van der Waals surface area contributed by atoms with E-state index >= 15 is 0 Å². The van der Waals surface area contributed by atoms with E-state index in [1.165, 1.54) is 0 Å². The standard InChI is InChI=1S/C23H25N5O2/c1-13-17-8-9-28(23(17)26-12-25-13)19-11-16(21(29)22(19)30)5-3-14-2-4-15-6-7-20(24)27-18(15)10-14/h2,4,6-10,12,16,19,21-22,29-30H,3,5,11H2,1H3,(H2,24,27)/t16-,19+,21+,22-/m0/s1. The molecule has 0 aliphatic heterocycles. The average molecular weight is 403 g/mol. The van der Waals surface area contributed by atoms with Crippen LogP contribution >= 0.6 is 0 Å². The van der Waals surface area contributed by atoms with Gasteiger partial charge in [-0.05, 0) is 61.9 Å². The van der Waals surface area contributed by atoms with Crippen LogP contribution in [0.3, 0.4) is 0 Å². The molecule has 4 atom stereocenters. The van der Waals surface area contributed by atoms with E-state index in [4.69, 9.17) is 5.73 Å². The van der Waals surface area contributed by atoms with Gasteiger partial charge in [0.2, 0.25) is 0 Å². The smallest absolute Gasteiger partial charge is 0.143 e. The van der Waals surface area contributed by atoms with Crippen LogP contribution in [0.25, 0.3) is 21.9 Å². The third-order valence-corrected chi connectivity index (χ3v) is 6.42. The van der Waals surface area contributed by atoms with E-state index in [1.807, 2.05) is 35.9 Å².